The number of hydrogen-bond donors (Lipinski definition) is 4. The largest absolute Gasteiger partial charge is 0.467 e. The number of nitrogens with two attached hydrogens (primary N) is 1. The third-order valence-electron chi connectivity index (χ3n) is 4.88. The van der Waals surface area contributed by atoms with Crippen LogP contribution in [0.1, 0.15) is 22.7 Å². The number of ether oxygens (including phenoxy) is 3. The van der Waals surface area contributed by atoms with Crippen LogP contribution < -0.4 is 16.4 Å². The van der Waals surface area contributed by atoms with Crippen LogP contribution in [0.2, 0.25) is 0 Å². The Morgan fingerprint density at radius 2 is 1.69 bits per heavy atom. The van der Waals surface area contributed by atoms with E-state index in [-0.39, 0.29) is 19.2 Å². The Kier molecular flexibility index (Phi) is 7.53. The molecule has 5 N–H and O–H groups in total. The van der Waals surface area contributed by atoms with Crippen molar-refractivity contribution in [2.24, 2.45) is 5.73 Å². The van der Waals surface area contributed by atoms with Crippen LogP contribution >= 0.6 is 0 Å². The summed E-state index contributed by atoms with van der Waals surface area (Å²) in [5, 5.41) is 12.7. The Bertz CT molecular complexity index is 980. The first kappa shape index (κ1) is 22.9. The van der Waals surface area contributed by atoms with Crippen LogP contribution in [0.3, 0.4) is 0 Å². The molecule has 0 aromatic heterocycles. The first-order chi connectivity index (χ1) is 15.4. The third-order valence-corrected chi connectivity index (χ3v) is 4.88. The Morgan fingerprint density at radius 3 is 2.28 bits per heavy atom. The van der Waals surface area contributed by atoms with Gasteiger partial charge in [0.2, 0.25) is 0 Å². The summed E-state index contributed by atoms with van der Waals surface area (Å²) in [6.07, 6.45) is -2.41. The van der Waals surface area contributed by atoms with Gasteiger partial charge in [0.1, 0.15) is 12.6 Å². The molecule has 1 heterocycles. The molecule has 2 amide bonds. The summed E-state index contributed by atoms with van der Waals surface area (Å²) in [5.41, 5.74) is 7.31. The first-order valence-corrected chi connectivity index (χ1v) is 9.78. The smallest absolute Gasteiger partial charge is 0.333 e. The van der Waals surface area contributed by atoms with Crippen molar-refractivity contribution in [1.29, 1.82) is 5.41 Å². The fourth-order valence-electron chi connectivity index (χ4n) is 3.15. The minimum Gasteiger partial charge on any atom is -0.467 e. The maximum atomic E-state index is 12.8. The van der Waals surface area contributed by atoms with Crippen LogP contribution in [0, 0.1) is 5.41 Å². The van der Waals surface area contributed by atoms with E-state index in [9.17, 15) is 14.4 Å². The average molecular weight is 440 g/mol. The van der Waals surface area contributed by atoms with E-state index in [1.165, 1.54) is 7.11 Å². The van der Waals surface area contributed by atoms with Gasteiger partial charge in [-0.15, -0.1) is 0 Å². The summed E-state index contributed by atoms with van der Waals surface area (Å²) < 4.78 is 15.4. The molecular formula is C22H24N4O6. The standard InChI is InChI=1S/C22H24N4O6/c1-30-22(29)16(14-5-3-2-4-6-14)26-21(28)18-17(31-12-32-18)20(27)25-11-13-7-9-15(10-8-13)19(23)24/h2-10,16-18H,11-12H2,1H3,(H3,23,24)(H,25,27)(H,26,28). The lowest BCUT2D eigenvalue weighted by Gasteiger charge is -2.21. The highest BCUT2D eigenvalue weighted by Gasteiger charge is 2.41. The Hall–Kier alpha value is -3.76. The number of hydrogen-bond acceptors (Lipinski definition) is 7. The van der Waals surface area contributed by atoms with Gasteiger partial charge in [-0.25, -0.2) is 4.79 Å². The van der Waals surface area contributed by atoms with Crippen LogP contribution in [-0.4, -0.2) is 49.7 Å². The number of esters is 1. The van der Waals surface area contributed by atoms with E-state index in [1.807, 2.05) is 0 Å². The first-order valence-electron chi connectivity index (χ1n) is 9.78. The van der Waals surface area contributed by atoms with Crippen molar-refractivity contribution in [1.82, 2.24) is 10.6 Å². The van der Waals surface area contributed by atoms with Crippen LogP contribution in [0.5, 0.6) is 0 Å². The highest BCUT2D eigenvalue weighted by Crippen LogP contribution is 2.18. The van der Waals surface area contributed by atoms with E-state index < -0.39 is 36.0 Å². The molecule has 1 aliphatic rings. The number of nitrogen functional groups attached to an aromatic ring is 1. The second-order valence-electron chi connectivity index (χ2n) is 7.00. The van der Waals surface area contributed by atoms with E-state index in [4.69, 9.17) is 25.4 Å². The number of amides is 2. The van der Waals surface area contributed by atoms with Gasteiger partial charge in [0.15, 0.2) is 18.2 Å². The SMILES string of the molecule is COC(=O)C(NC(=O)C1OCOC1C(=O)NCc1ccc(C(=N)N)cc1)c1ccccc1. The van der Waals surface area contributed by atoms with Gasteiger partial charge in [0, 0.05) is 12.1 Å². The van der Waals surface area contributed by atoms with E-state index in [2.05, 4.69) is 10.6 Å². The molecule has 0 aliphatic carbocycles. The molecule has 3 rings (SSSR count). The topological polar surface area (TPSA) is 153 Å². The zero-order chi connectivity index (χ0) is 23.1. The molecule has 2 aromatic rings. The number of carbonyl (C=O) groups excluding carboxylic acids is 3. The molecule has 32 heavy (non-hydrogen) atoms. The molecular weight excluding hydrogens is 416 g/mol. The fourth-order valence-corrected chi connectivity index (χ4v) is 3.15. The number of rotatable bonds is 8. The second kappa shape index (κ2) is 10.5. The molecule has 0 spiro atoms. The zero-order valence-corrected chi connectivity index (χ0v) is 17.4. The molecule has 0 bridgehead atoms. The molecule has 0 radical (unpaired) electrons. The summed E-state index contributed by atoms with van der Waals surface area (Å²) in [6, 6.07) is 14.3. The van der Waals surface area contributed by atoms with Gasteiger partial charge in [0.25, 0.3) is 11.8 Å². The number of methoxy groups -OCH3 is 1. The molecule has 2 aromatic carbocycles. The van der Waals surface area contributed by atoms with Crippen LogP contribution in [0.15, 0.2) is 54.6 Å². The van der Waals surface area contributed by atoms with Crippen LogP contribution in [0.4, 0.5) is 0 Å². The van der Waals surface area contributed by atoms with Gasteiger partial charge in [-0.2, -0.15) is 0 Å². The Balaban J connectivity index is 1.63. The van der Waals surface area contributed by atoms with Gasteiger partial charge in [-0.05, 0) is 11.1 Å². The van der Waals surface area contributed by atoms with Crippen molar-refractivity contribution in [3.63, 3.8) is 0 Å². The van der Waals surface area contributed by atoms with E-state index in [0.717, 1.165) is 5.56 Å². The minimum atomic E-state index is -1.23. The molecule has 1 aliphatic heterocycles. The molecule has 3 atom stereocenters. The molecule has 168 valence electrons. The monoisotopic (exact) mass is 440 g/mol. The van der Waals surface area contributed by atoms with Crippen molar-refractivity contribution in [3.05, 3.63) is 71.3 Å². The molecule has 10 heteroatoms. The maximum absolute atomic E-state index is 12.8. The molecule has 1 fully saturated rings. The van der Waals surface area contributed by atoms with Crippen molar-refractivity contribution in [2.75, 3.05) is 13.9 Å². The van der Waals surface area contributed by atoms with Gasteiger partial charge in [-0.3, -0.25) is 15.0 Å². The quantitative estimate of drug-likeness (QED) is 0.263. The lowest BCUT2D eigenvalue weighted by molar-refractivity contribution is -0.147. The average Bonchev–Trinajstić information content (AvgIpc) is 3.31. The minimum absolute atomic E-state index is 0.0493. The number of benzene rings is 2. The van der Waals surface area contributed by atoms with Crippen molar-refractivity contribution in [3.8, 4) is 0 Å². The number of carbonyl (C=O) groups is 3. The maximum Gasteiger partial charge on any atom is 0.333 e. The highest BCUT2D eigenvalue weighted by molar-refractivity contribution is 5.95. The lowest BCUT2D eigenvalue weighted by atomic mass is 10.1. The summed E-state index contributed by atoms with van der Waals surface area (Å²) in [4.78, 5) is 37.6. The lowest BCUT2D eigenvalue weighted by Crippen LogP contribution is -2.49. The van der Waals surface area contributed by atoms with Gasteiger partial charge in [0.05, 0.1) is 7.11 Å². The molecule has 3 unspecified atom stereocenters. The van der Waals surface area contributed by atoms with E-state index in [1.54, 1.807) is 54.6 Å². The van der Waals surface area contributed by atoms with Crippen molar-refractivity contribution in [2.45, 2.75) is 24.8 Å². The number of amidine groups is 1. The predicted octanol–water partition coefficient (Wildman–Crippen LogP) is 0.359. The Labute approximate surface area is 184 Å². The predicted molar refractivity (Wildman–Crippen MR) is 113 cm³/mol. The molecule has 1 saturated heterocycles. The van der Waals surface area contributed by atoms with Crippen LogP contribution in [-0.2, 0) is 35.1 Å². The summed E-state index contributed by atoms with van der Waals surface area (Å²) in [6.45, 7) is -0.0578. The summed E-state index contributed by atoms with van der Waals surface area (Å²) in [5.74, 6) is -1.91. The molecule has 0 saturated carbocycles. The van der Waals surface area contributed by atoms with Crippen LogP contribution in [0.25, 0.3) is 0 Å². The van der Waals surface area contributed by atoms with Gasteiger partial charge < -0.3 is 30.6 Å². The van der Waals surface area contributed by atoms with E-state index in [0.29, 0.717) is 11.1 Å². The zero-order valence-electron chi connectivity index (χ0n) is 17.4. The third kappa shape index (κ3) is 5.48. The normalized spacial score (nSPS) is 18.4. The van der Waals surface area contributed by atoms with Crippen molar-refractivity contribution < 1.29 is 28.6 Å². The molecule has 10 nitrogen and oxygen atoms in total. The fraction of sp³-hybridized carbons (Fsp3) is 0.273. The van der Waals surface area contributed by atoms with E-state index >= 15 is 0 Å². The summed E-state index contributed by atoms with van der Waals surface area (Å²) >= 11 is 0. The summed E-state index contributed by atoms with van der Waals surface area (Å²) in [7, 11) is 1.22. The van der Waals surface area contributed by atoms with Gasteiger partial charge >= 0.3 is 5.97 Å². The van der Waals surface area contributed by atoms with Crippen molar-refractivity contribution >= 4 is 23.6 Å². The Morgan fingerprint density at radius 1 is 1.06 bits per heavy atom. The number of nitrogens with one attached hydrogen (secondary N) is 3. The van der Waals surface area contributed by atoms with Gasteiger partial charge in [-0.1, -0.05) is 54.6 Å². The highest BCUT2D eigenvalue weighted by atomic mass is 16.7. The second-order valence-corrected chi connectivity index (χ2v) is 7.00.